The fraction of sp³-hybridized carbons (Fsp3) is 0.606. The summed E-state index contributed by atoms with van der Waals surface area (Å²) >= 11 is 1.71. The number of fused-ring (bicyclic) bond motifs is 2. The summed E-state index contributed by atoms with van der Waals surface area (Å²) in [7, 11) is 0. The maximum atomic E-state index is 14.8. The summed E-state index contributed by atoms with van der Waals surface area (Å²) < 4.78 is 1.02. The lowest BCUT2D eigenvalue weighted by atomic mass is 9.65. The second kappa shape index (κ2) is 13.9. The standard InChI is InChI=1S/C33H46N6O4S/c1-5-16-36(17-6-2)30(41)27-26-21-23(4)33(44-26)28(27)31(42)38(19-12-8-9-13-20-40)29(33)32(43)37(18-7-3)22-39-25-15-11-10-14-24(25)34-35-39/h5,7,10-11,14-15,23,26-29,40H,1,3,6,8-9,12-13,16-22H2,2,4H3/t23?,26-,27+,28-,29?,33?/m0/s1. The van der Waals surface area contributed by atoms with Gasteiger partial charge in [0.15, 0.2) is 0 Å². The Morgan fingerprint density at radius 2 is 1.84 bits per heavy atom. The summed E-state index contributed by atoms with van der Waals surface area (Å²) in [5.74, 6) is -1.14. The SMILES string of the molecule is C=CCN(Cn1nnc2ccccc21)C(=O)C1N(CCCCCCO)C(=O)[C@@H]2[C@H](C(=O)N(CC=C)CCC)[C@@H]3CC(C)C12S3. The molecule has 3 aliphatic heterocycles. The second-order valence-corrected chi connectivity index (χ2v) is 13.9. The van der Waals surface area contributed by atoms with Crippen molar-refractivity contribution in [3.05, 3.63) is 49.6 Å². The summed E-state index contributed by atoms with van der Waals surface area (Å²) in [6.07, 6.45) is 8.21. The Morgan fingerprint density at radius 1 is 1.11 bits per heavy atom. The summed E-state index contributed by atoms with van der Waals surface area (Å²) in [5, 5.41) is 17.8. The molecule has 3 saturated heterocycles. The summed E-state index contributed by atoms with van der Waals surface area (Å²) in [6.45, 7) is 14.1. The van der Waals surface area contributed by atoms with E-state index in [1.807, 2.05) is 36.1 Å². The third-order valence-corrected chi connectivity index (χ3v) is 11.7. The zero-order valence-electron chi connectivity index (χ0n) is 26.0. The molecule has 5 rings (SSSR count). The van der Waals surface area contributed by atoms with Gasteiger partial charge in [-0.1, -0.05) is 56.2 Å². The molecule has 3 amide bonds. The topological polar surface area (TPSA) is 112 Å². The highest BCUT2D eigenvalue weighted by Crippen LogP contribution is 2.69. The van der Waals surface area contributed by atoms with Crippen molar-refractivity contribution in [3.63, 3.8) is 0 Å². The first-order valence-electron chi connectivity index (χ1n) is 16.0. The number of hydrogen-bond acceptors (Lipinski definition) is 7. The van der Waals surface area contributed by atoms with Crippen molar-refractivity contribution in [2.75, 3.05) is 32.8 Å². The van der Waals surface area contributed by atoms with E-state index in [9.17, 15) is 19.5 Å². The van der Waals surface area contributed by atoms with Crippen molar-refractivity contribution in [2.24, 2.45) is 17.8 Å². The number of nitrogens with zero attached hydrogens (tertiary/aromatic N) is 6. The smallest absolute Gasteiger partial charge is 0.248 e. The van der Waals surface area contributed by atoms with E-state index in [-0.39, 0.29) is 48.7 Å². The molecule has 2 bridgehead atoms. The molecule has 2 aromatic rings. The monoisotopic (exact) mass is 622 g/mol. The molecule has 3 unspecified atom stereocenters. The number of carbonyl (C=O) groups excluding carboxylic acids is 3. The molecule has 6 atom stereocenters. The van der Waals surface area contributed by atoms with E-state index >= 15 is 0 Å². The quantitative estimate of drug-likeness (QED) is 0.224. The normalized spacial score (nSPS) is 27.1. The Hall–Kier alpha value is -3.18. The van der Waals surface area contributed by atoms with Gasteiger partial charge in [-0.3, -0.25) is 14.4 Å². The minimum atomic E-state index is -0.700. The van der Waals surface area contributed by atoms with E-state index in [4.69, 9.17) is 0 Å². The summed E-state index contributed by atoms with van der Waals surface area (Å²) in [4.78, 5) is 48.9. The molecule has 238 valence electrons. The predicted octanol–water partition coefficient (Wildman–Crippen LogP) is 3.72. The molecular formula is C33H46N6O4S. The Morgan fingerprint density at radius 3 is 2.57 bits per heavy atom. The van der Waals surface area contributed by atoms with Crippen LogP contribution in [-0.2, 0) is 21.1 Å². The average molecular weight is 623 g/mol. The Kier molecular flexibility index (Phi) is 10.1. The molecule has 4 heterocycles. The van der Waals surface area contributed by atoms with Crippen molar-refractivity contribution in [2.45, 2.75) is 75.1 Å². The number of aliphatic hydroxyl groups is 1. The number of hydrogen-bond donors (Lipinski definition) is 1. The van der Waals surface area contributed by atoms with Gasteiger partial charge < -0.3 is 19.8 Å². The van der Waals surface area contributed by atoms with Crippen LogP contribution < -0.4 is 0 Å². The summed E-state index contributed by atoms with van der Waals surface area (Å²) in [5.41, 5.74) is 1.57. The number of rotatable bonds is 16. The van der Waals surface area contributed by atoms with Crippen LogP contribution in [0.15, 0.2) is 49.6 Å². The van der Waals surface area contributed by atoms with Crippen molar-refractivity contribution in [1.82, 2.24) is 29.7 Å². The van der Waals surface area contributed by atoms with Crippen LogP contribution in [0.3, 0.4) is 0 Å². The molecule has 0 aliphatic carbocycles. The van der Waals surface area contributed by atoms with Crippen molar-refractivity contribution in [1.29, 1.82) is 0 Å². The molecule has 1 aromatic carbocycles. The number of unbranched alkanes of at least 4 members (excludes halogenated alkanes) is 3. The van der Waals surface area contributed by atoms with E-state index in [1.165, 1.54) is 0 Å². The van der Waals surface area contributed by atoms with Crippen molar-refractivity contribution in [3.8, 4) is 0 Å². The number of carbonyl (C=O) groups is 3. The maximum Gasteiger partial charge on any atom is 0.248 e. The van der Waals surface area contributed by atoms with E-state index in [0.717, 1.165) is 43.1 Å². The summed E-state index contributed by atoms with van der Waals surface area (Å²) in [6, 6.07) is 6.93. The van der Waals surface area contributed by atoms with Crippen LogP contribution in [0.4, 0.5) is 0 Å². The zero-order valence-corrected chi connectivity index (χ0v) is 26.8. The maximum absolute atomic E-state index is 14.8. The molecule has 44 heavy (non-hydrogen) atoms. The molecule has 1 aromatic heterocycles. The average Bonchev–Trinajstić information content (AvgIpc) is 3.73. The number of amides is 3. The molecule has 11 heteroatoms. The van der Waals surface area contributed by atoms with Crippen LogP contribution in [0, 0.1) is 17.8 Å². The molecule has 10 nitrogen and oxygen atoms in total. The van der Waals surface area contributed by atoms with Gasteiger partial charge in [0.2, 0.25) is 17.7 Å². The number of thioether (sulfide) groups is 1. The molecule has 0 saturated carbocycles. The zero-order chi connectivity index (χ0) is 31.4. The Bertz CT molecular complexity index is 1380. The predicted molar refractivity (Wildman–Crippen MR) is 172 cm³/mol. The highest BCUT2D eigenvalue weighted by atomic mass is 32.2. The number of aromatic nitrogens is 3. The van der Waals surface area contributed by atoms with Crippen LogP contribution in [-0.4, -0.2) is 101 Å². The van der Waals surface area contributed by atoms with Gasteiger partial charge in [-0.05, 0) is 43.7 Å². The minimum Gasteiger partial charge on any atom is -0.396 e. The van der Waals surface area contributed by atoms with E-state index in [1.54, 1.807) is 38.4 Å². The van der Waals surface area contributed by atoms with Crippen LogP contribution >= 0.6 is 11.8 Å². The van der Waals surface area contributed by atoms with Gasteiger partial charge in [0, 0.05) is 38.0 Å². The van der Waals surface area contributed by atoms with Gasteiger partial charge in [0.25, 0.3) is 0 Å². The van der Waals surface area contributed by atoms with Gasteiger partial charge in [-0.2, -0.15) is 0 Å². The highest BCUT2D eigenvalue weighted by Gasteiger charge is 2.76. The first kappa shape index (κ1) is 32.2. The fourth-order valence-corrected chi connectivity index (χ4v) is 10.1. The number of likely N-dealkylation sites (tertiary alicyclic amines) is 1. The van der Waals surface area contributed by atoms with Crippen molar-refractivity contribution < 1.29 is 19.5 Å². The Labute approximate surface area is 264 Å². The third kappa shape index (κ3) is 5.57. The lowest BCUT2D eigenvalue weighted by Crippen LogP contribution is -2.57. The fourth-order valence-electron chi connectivity index (χ4n) is 7.73. The van der Waals surface area contributed by atoms with Gasteiger partial charge in [0.1, 0.15) is 18.2 Å². The largest absolute Gasteiger partial charge is 0.396 e. The number of benzene rings is 1. The second-order valence-electron chi connectivity index (χ2n) is 12.4. The van der Waals surface area contributed by atoms with Gasteiger partial charge in [-0.25, -0.2) is 4.68 Å². The third-order valence-electron chi connectivity index (χ3n) is 9.61. The number of para-hydroxylation sites is 1. The van der Waals surface area contributed by atoms with E-state index in [2.05, 4.69) is 30.4 Å². The Balaban J connectivity index is 1.51. The van der Waals surface area contributed by atoms with Gasteiger partial charge in [0.05, 0.1) is 22.1 Å². The highest BCUT2D eigenvalue weighted by molar-refractivity contribution is 8.02. The van der Waals surface area contributed by atoms with Gasteiger partial charge >= 0.3 is 0 Å². The van der Waals surface area contributed by atoms with E-state index < -0.39 is 22.6 Å². The molecule has 3 aliphatic rings. The van der Waals surface area contributed by atoms with Crippen LogP contribution in [0.5, 0.6) is 0 Å². The van der Waals surface area contributed by atoms with Crippen LogP contribution in [0.1, 0.15) is 52.4 Å². The minimum absolute atomic E-state index is 0.00408. The van der Waals surface area contributed by atoms with Crippen LogP contribution in [0.2, 0.25) is 0 Å². The molecule has 1 N–H and O–H groups in total. The van der Waals surface area contributed by atoms with Crippen LogP contribution in [0.25, 0.3) is 11.0 Å². The first-order chi connectivity index (χ1) is 21.3. The molecule has 3 fully saturated rings. The molecular weight excluding hydrogens is 576 g/mol. The lowest BCUT2D eigenvalue weighted by Gasteiger charge is -2.41. The van der Waals surface area contributed by atoms with Crippen molar-refractivity contribution >= 4 is 40.5 Å². The van der Waals surface area contributed by atoms with Gasteiger partial charge in [-0.15, -0.1) is 30.0 Å². The number of aliphatic hydroxyl groups excluding tert-OH is 1. The molecule has 0 radical (unpaired) electrons. The van der Waals surface area contributed by atoms with E-state index in [0.29, 0.717) is 26.1 Å². The lowest BCUT2D eigenvalue weighted by molar-refractivity contribution is -0.145. The first-order valence-corrected chi connectivity index (χ1v) is 16.9. The molecule has 1 spiro atoms.